The highest BCUT2D eigenvalue weighted by molar-refractivity contribution is 7.15. The van der Waals surface area contributed by atoms with E-state index in [-0.39, 0.29) is 97.8 Å². The van der Waals surface area contributed by atoms with Crippen molar-refractivity contribution in [2.24, 2.45) is 16.1 Å². The van der Waals surface area contributed by atoms with E-state index in [1.54, 1.807) is 49.0 Å². The lowest BCUT2D eigenvalue weighted by molar-refractivity contribution is -0.192. The molecule has 5 heterocycles. The molecule has 0 spiro atoms. The van der Waals surface area contributed by atoms with E-state index in [1.807, 2.05) is 66.9 Å². The van der Waals surface area contributed by atoms with Gasteiger partial charge < -0.3 is 55.4 Å². The van der Waals surface area contributed by atoms with Crippen LogP contribution < -0.4 is 21.7 Å². The maximum atomic E-state index is 14.4. The van der Waals surface area contributed by atoms with E-state index in [9.17, 15) is 37.1 Å². The Labute approximate surface area is 490 Å². The van der Waals surface area contributed by atoms with Gasteiger partial charge in [0.05, 0.1) is 74.4 Å². The van der Waals surface area contributed by atoms with Crippen molar-refractivity contribution >= 4 is 75.6 Å². The zero-order valence-corrected chi connectivity index (χ0v) is 49.3. The van der Waals surface area contributed by atoms with Gasteiger partial charge in [-0.15, -0.1) is 32.9 Å². The van der Waals surface area contributed by atoms with E-state index < -0.39 is 65.5 Å². The summed E-state index contributed by atoms with van der Waals surface area (Å²) in [5.74, 6) is -3.80. The average molecular weight is 1220 g/mol. The molecular weight excluding hydrogens is 1150 g/mol. The van der Waals surface area contributed by atoms with Crippen LogP contribution in [0.3, 0.4) is 0 Å². The minimum absolute atomic E-state index is 0.0479. The third-order valence-corrected chi connectivity index (χ3v) is 15.4. The Balaban J connectivity index is 0.00000148. The topological polar surface area (TPSA) is 290 Å². The second kappa shape index (κ2) is 30.2. The van der Waals surface area contributed by atoms with Gasteiger partial charge in [-0.2, -0.15) is 13.2 Å². The number of likely N-dealkylation sites (tertiary alicyclic amines) is 1. The van der Waals surface area contributed by atoms with Gasteiger partial charge in [-0.25, -0.2) is 14.6 Å². The molecule has 1 fully saturated rings. The number of aliphatic carboxylic acids is 1. The van der Waals surface area contributed by atoms with E-state index >= 15 is 0 Å². The number of fused-ring (bicyclic) bond motifs is 3. The lowest BCUT2D eigenvalue weighted by atomic mass is 9.85. The largest absolute Gasteiger partial charge is 0.490 e. The van der Waals surface area contributed by atoms with Crippen molar-refractivity contribution in [1.82, 2.24) is 40.6 Å². The Bertz CT molecular complexity index is 3070. The van der Waals surface area contributed by atoms with Gasteiger partial charge in [0, 0.05) is 47.1 Å². The van der Waals surface area contributed by atoms with Crippen LogP contribution in [0.2, 0.25) is 5.02 Å². The Kier molecular flexibility index (Phi) is 23.8. The fourth-order valence-corrected chi connectivity index (χ4v) is 10.9. The molecule has 4 atom stereocenters. The SMILES string of the molecule is Cc1ncsc1-c1ccc(CNC(=O)[C@@H]2C[C@@H](OC(=O)COCCN)CN2C(=O)[C@@H](NC(=O)COCCOCCOCCNC(=O)C[C@@H]2N=C(c3ccc(Cl)cc3)c3c(sc(C)c3C)-n3c(C)nnc32)C(C)(C)C)cc1.O=C(O)C(F)(F)F. The first-order valence-electron chi connectivity index (χ1n) is 26.4. The van der Waals surface area contributed by atoms with Crippen molar-refractivity contribution in [2.45, 2.75) is 98.3 Å². The summed E-state index contributed by atoms with van der Waals surface area (Å²) in [5, 5.41) is 26.2. The number of alkyl halides is 3. The third-order valence-electron chi connectivity index (χ3n) is 13.0. The number of carboxylic acid groups (broad SMARTS) is 1. The molecule has 1 saturated heterocycles. The average Bonchev–Trinajstić information content (AvgIpc) is 2.69. The zero-order chi connectivity index (χ0) is 60.6. The van der Waals surface area contributed by atoms with Crippen LogP contribution in [0.15, 0.2) is 59.0 Å². The fourth-order valence-electron chi connectivity index (χ4n) is 8.76. The number of hydrogen-bond acceptors (Lipinski definition) is 18. The number of halogens is 4. The van der Waals surface area contributed by atoms with E-state index in [0.29, 0.717) is 16.7 Å². The number of esters is 1. The molecule has 0 bridgehead atoms. The number of aliphatic imine (C=N–C) groups is 1. The molecule has 83 heavy (non-hydrogen) atoms. The van der Waals surface area contributed by atoms with Gasteiger partial charge >= 0.3 is 18.1 Å². The van der Waals surface area contributed by atoms with Gasteiger partial charge in [0.15, 0.2) is 5.82 Å². The maximum Gasteiger partial charge on any atom is 0.490 e. The van der Waals surface area contributed by atoms with Crippen molar-refractivity contribution in [3.05, 3.63) is 104 Å². The highest BCUT2D eigenvalue weighted by Gasteiger charge is 2.46. The van der Waals surface area contributed by atoms with Crippen molar-refractivity contribution in [3.8, 4) is 15.4 Å². The van der Waals surface area contributed by atoms with E-state index in [0.717, 1.165) is 54.0 Å². The summed E-state index contributed by atoms with van der Waals surface area (Å²) >= 11 is 9.44. The molecule has 2 aliphatic heterocycles. The number of carbonyl (C=O) groups excluding carboxylic acids is 5. The maximum absolute atomic E-state index is 14.4. The number of amides is 4. The molecule has 0 saturated carbocycles. The smallest absolute Gasteiger partial charge is 0.475 e. The molecule has 7 rings (SSSR count). The molecule has 450 valence electrons. The normalized spacial score (nSPS) is 16.1. The summed E-state index contributed by atoms with van der Waals surface area (Å²) in [6.45, 7) is 14.5. The van der Waals surface area contributed by atoms with Gasteiger partial charge in [0.25, 0.3) is 0 Å². The molecule has 2 aromatic carbocycles. The Morgan fingerprint density at radius 2 is 1.48 bits per heavy atom. The predicted octanol–water partition coefficient (Wildman–Crippen LogP) is 5.76. The minimum atomic E-state index is -5.08. The first kappa shape index (κ1) is 65.4. The predicted molar refractivity (Wildman–Crippen MR) is 302 cm³/mol. The van der Waals surface area contributed by atoms with Gasteiger partial charge in [0.1, 0.15) is 48.3 Å². The number of aryl methyl sites for hydroxylation is 3. The molecule has 5 aromatic rings. The van der Waals surface area contributed by atoms with Crippen LogP contribution in [0, 0.1) is 33.1 Å². The molecule has 0 unspecified atom stereocenters. The third kappa shape index (κ3) is 18.4. The van der Waals surface area contributed by atoms with Gasteiger partial charge in [0.2, 0.25) is 23.6 Å². The number of nitrogens with two attached hydrogens (primary N) is 1. The number of thiophene rings is 1. The lowest BCUT2D eigenvalue weighted by Crippen LogP contribution is -2.58. The van der Waals surface area contributed by atoms with Crippen LogP contribution in [0.25, 0.3) is 15.4 Å². The van der Waals surface area contributed by atoms with Crippen molar-refractivity contribution < 1.29 is 70.7 Å². The standard InChI is InChI=1S/C53H67ClN10O10S2.C2HF3O2/c1-31-33(3)76-52-45(31)46(36-12-14-38(54)15-13-36)59-40(49-62-61-34(4)64(49)52)25-42(65)56-17-19-70-20-21-71-22-23-73-28-43(66)60-48(53(5,6)7)51(69)63-27-39(74-44(67)29-72-18-16-55)24-41(63)50(68)57-26-35-8-10-37(11-9-35)47-32(2)58-30-75-47;3-2(4,5)1(6)7/h8-15,30,39-41,48H,16-29,55H2,1-7H3,(H,56,65)(H,57,68)(H,60,66);(H,6,7)/t39-,40+,41+,48-;/m1./s1. The van der Waals surface area contributed by atoms with Crippen molar-refractivity contribution in [3.63, 3.8) is 0 Å². The molecule has 6 N–H and O–H groups in total. The lowest BCUT2D eigenvalue weighted by Gasteiger charge is -2.35. The number of ether oxygens (including phenoxy) is 5. The van der Waals surface area contributed by atoms with Crippen LogP contribution in [-0.4, -0.2) is 168 Å². The number of nitrogens with one attached hydrogen (secondary N) is 3. The number of hydrogen-bond donors (Lipinski definition) is 5. The van der Waals surface area contributed by atoms with Gasteiger partial charge in [-0.1, -0.05) is 68.8 Å². The Hall–Kier alpha value is -6.72. The zero-order valence-electron chi connectivity index (χ0n) is 46.9. The summed E-state index contributed by atoms with van der Waals surface area (Å²) < 4.78 is 61.5. The first-order valence-corrected chi connectivity index (χ1v) is 28.5. The summed E-state index contributed by atoms with van der Waals surface area (Å²) in [7, 11) is 0. The van der Waals surface area contributed by atoms with Gasteiger partial charge in [-0.3, -0.25) is 28.7 Å². The molecule has 4 amide bonds. The number of rotatable bonds is 25. The second-order valence-electron chi connectivity index (χ2n) is 20.3. The summed E-state index contributed by atoms with van der Waals surface area (Å²) in [6, 6.07) is 12.7. The number of benzene rings is 2. The monoisotopic (exact) mass is 1220 g/mol. The molecular formula is C55H68ClF3N10O12S2. The van der Waals surface area contributed by atoms with Crippen LogP contribution in [0.5, 0.6) is 0 Å². The first-order chi connectivity index (χ1) is 39.4. The van der Waals surface area contributed by atoms with Crippen LogP contribution in [-0.2, 0) is 59.0 Å². The number of aromatic nitrogens is 4. The van der Waals surface area contributed by atoms with Crippen LogP contribution in [0.4, 0.5) is 13.2 Å². The number of thiazole rings is 1. The molecule has 3 aromatic heterocycles. The van der Waals surface area contributed by atoms with Crippen molar-refractivity contribution in [1.29, 1.82) is 0 Å². The van der Waals surface area contributed by atoms with Crippen LogP contribution in [0.1, 0.15) is 84.1 Å². The van der Waals surface area contributed by atoms with Crippen molar-refractivity contribution in [2.75, 3.05) is 72.5 Å². The molecule has 28 heteroatoms. The van der Waals surface area contributed by atoms with Crippen LogP contribution >= 0.6 is 34.3 Å². The van der Waals surface area contributed by atoms with E-state index in [2.05, 4.69) is 45.0 Å². The summed E-state index contributed by atoms with van der Waals surface area (Å²) in [5.41, 5.74) is 13.0. The Morgan fingerprint density at radius 3 is 2.11 bits per heavy atom. The Morgan fingerprint density at radius 1 is 0.843 bits per heavy atom. The number of carbonyl (C=O) groups is 6. The van der Waals surface area contributed by atoms with E-state index in [4.69, 9.17) is 55.9 Å². The summed E-state index contributed by atoms with van der Waals surface area (Å²) in [4.78, 5) is 89.4. The quantitative estimate of drug-likeness (QED) is 0.0343. The van der Waals surface area contributed by atoms with Gasteiger partial charge in [-0.05, 0) is 61.9 Å². The molecule has 2 aliphatic rings. The fraction of sp³-hybridized carbons (Fsp3) is 0.491. The minimum Gasteiger partial charge on any atom is -0.475 e. The molecule has 0 aliphatic carbocycles. The number of carboxylic acids is 1. The highest BCUT2D eigenvalue weighted by Crippen LogP contribution is 2.40. The highest BCUT2D eigenvalue weighted by atomic mass is 35.5. The molecule has 22 nitrogen and oxygen atoms in total. The second-order valence-corrected chi connectivity index (χ2v) is 22.8. The molecule has 0 radical (unpaired) electrons. The number of nitrogens with zero attached hydrogens (tertiary/aromatic N) is 6. The van der Waals surface area contributed by atoms with E-state index in [1.165, 1.54) is 4.90 Å². The summed E-state index contributed by atoms with van der Waals surface area (Å²) in [6.07, 6.45) is -5.78.